The van der Waals surface area contributed by atoms with Crippen LogP contribution in [-0.2, 0) is 11.3 Å². The zero-order chi connectivity index (χ0) is 22.1. The number of H-pyrrole nitrogens is 1. The van der Waals surface area contributed by atoms with Crippen molar-refractivity contribution in [2.24, 2.45) is 4.99 Å². The number of fused-ring (bicyclic) bond motifs is 1. The number of carbonyl (C=O) groups is 1. The standard InChI is InChI=1S/C22H23N7O2/c1-13-5-7-23-10-16(13)17-9-15-18(11-24-17)26-22(31)21(15)14(2)25-19-6-8-29(27-19)12-20(30)28(3)4/h5-11,26,31H,12H2,1-4H3. The second-order valence-corrected chi connectivity index (χ2v) is 7.51. The maximum absolute atomic E-state index is 11.9. The Kier molecular flexibility index (Phi) is 5.24. The number of rotatable bonds is 5. The average molecular weight is 417 g/mol. The molecule has 4 aromatic heterocycles. The quantitative estimate of drug-likeness (QED) is 0.485. The number of aryl methyl sites for hydroxylation is 1. The Morgan fingerprint density at radius 1 is 1.29 bits per heavy atom. The first-order valence-electron chi connectivity index (χ1n) is 9.74. The molecule has 4 rings (SSSR count). The van der Waals surface area contributed by atoms with Gasteiger partial charge in [-0.2, -0.15) is 5.10 Å². The van der Waals surface area contributed by atoms with Gasteiger partial charge in [0.05, 0.1) is 28.7 Å². The highest BCUT2D eigenvalue weighted by atomic mass is 16.3. The van der Waals surface area contributed by atoms with E-state index in [4.69, 9.17) is 0 Å². The zero-order valence-corrected chi connectivity index (χ0v) is 17.8. The minimum absolute atomic E-state index is 0.0142. The summed E-state index contributed by atoms with van der Waals surface area (Å²) in [6, 6.07) is 5.57. The lowest BCUT2D eigenvalue weighted by atomic mass is 10.0. The third kappa shape index (κ3) is 4.02. The minimum atomic E-state index is -0.0599. The molecule has 0 radical (unpaired) electrons. The predicted molar refractivity (Wildman–Crippen MR) is 119 cm³/mol. The Bertz CT molecular complexity index is 1300. The Morgan fingerprint density at radius 3 is 2.84 bits per heavy atom. The van der Waals surface area contributed by atoms with Crippen LogP contribution in [0.5, 0.6) is 5.88 Å². The van der Waals surface area contributed by atoms with Gasteiger partial charge in [-0.25, -0.2) is 4.99 Å². The molecule has 4 aromatic rings. The molecular weight excluding hydrogens is 394 g/mol. The average Bonchev–Trinajstić information content (AvgIpc) is 3.30. The van der Waals surface area contributed by atoms with E-state index in [-0.39, 0.29) is 18.3 Å². The van der Waals surface area contributed by atoms with E-state index in [1.807, 2.05) is 26.0 Å². The first-order valence-corrected chi connectivity index (χ1v) is 9.74. The van der Waals surface area contributed by atoms with Crippen LogP contribution in [0.1, 0.15) is 18.1 Å². The lowest BCUT2D eigenvalue weighted by Gasteiger charge is -2.09. The van der Waals surface area contributed by atoms with Gasteiger partial charge in [-0.15, -0.1) is 0 Å². The van der Waals surface area contributed by atoms with Gasteiger partial charge >= 0.3 is 0 Å². The van der Waals surface area contributed by atoms with E-state index in [9.17, 15) is 9.90 Å². The molecule has 31 heavy (non-hydrogen) atoms. The van der Waals surface area contributed by atoms with Gasteiger partial charge < -0.3 is 15.0 Å². The summed E-state index contributed by atoms with van der Waals surface area (Å²) in [6.45, 7) is 3.95. The molecule has 0 saturated carbocycles. The lowest BCUT2D eigenvalue weighted by Crippen LogP contribution is -2.26. The van der Waals surface area contributed by atoms with Gasteiger partial charge in [-0.3, -0.25) is 19.4 Å². The van der Waals surface area contributed by atoms with Crippen molar-refractivity contribution in [3.05, 3.63) is 54.1 Å². The number of aliphatic imine (C=N–C) groups is 1. The van der Waals surface area contributed by atoms with Crippen molar-refractivity contribution in [3.63, 3.8) is 0 Å². The highest BCUT2D eigenvalue weighted by Crippen LogP contribution is 2.31. The van der Waals surface area contributed by atoms with Gasteiger partial charge in [-0.1, -0.05) is 0 Å². The monoisotopic (exact) mass is 417 g/mol. The fraction of sp³-hybridized carbons (Fsp3) is 0.227. The van der Waals surface area contributed by atoms with Crippen LogP contribution < -0.4 is 0 Å². The minimum Gasteiger partial charge on any atom is -0.494 e. The van der Waals surface area contributed by atoms with Crippen molar-refractivity contribution in [1.29, 1.82) is 0 Å². The van der Waals surface area contributed by atoms with Crippen LogP contribution in [0.15, 0.2) is 48.0 Å². The molecule has 0 saturated heterocycles. The molecule has 0 aliphatic carbocycles. The molecule has 158 valence electrons. The first kappa shape index (κ1) is 20.3. The molecule has 0 unspecified atom stereocenters. The molecule has 0 fully saturated rings. The van der Waals surface area contributed by atoms with E-state index >= 15 is 0 Å². The van der Waals surface area contributed by atoms with Gasteiger partial charge in [0.25, 0.3) is 0 Å². The molecule has 0 spiro atoms. The Balaban J connectivity index is 1.71. The molecule has 0 aliphatic rings. The molecule has 2 N–H and O–H groups in total. The summed E-state index contributed by atoms with van der Waals surface area (Å²) in [4.78, 5) is 29.6. The Morgan fingerprint density at radius 2 is 2.10 bits per heavy atom. The lowest BCUT2D eigenvalue weighted by molar-refractivity contribution is -0.129. The molecule has 4 heterocycles. The number of nitrogens with zero attached hydrogens (tertiary/aromatic N) is 6. The van der Waals surface area contributed by atoms with E-state index in [1.54, 1.807) is 44.9 Å². The molecule has 0 aromatic carbocycles. The van der Waals surface area contributed by atoms with E-state index in [2.05, 4.69) is 25.0 Å². The summed E-state index contributed by atoms with van der Waals surface area (Å²) < 4.78 is 1.54. The summed E-state index contributed by atoms with van der Waals surface area (Å²) in [5.74, 6) is 0.408. The van der Waals surface area contributed by atoms with Crippen molar-refractivity contribution in [1.82, 2.24) is 29.6 Å². The highest BCUT2D eigenvalue weighted by molar-refractivity contribution is 6.13. The fourth-order valence-electron chi connectivity index (χ4n) is 3.33. The summed E-state index contributed by atoms with van der Waals surface area (Å²) >= 11 is 0. The van der Waals surface area contributed by atoms with Crippen LogP contribution in [0.4, 0.5) is 5.82 Å². The highest BCUT2D eigenvalue weighted by Gasteiger charge is 2.16. The second kappa shape index (κ2) is 8.02. The van der Waals surface area contributed by atoms with Crippen LogP contribution in [-0.4, -0.2) is 60.5 Å². The number of carbonyl (C=O) groups excluding carboxylic acids is 1. The van der Waals surface area contributed by atoms with Crippen LogP contribution in [0.25, 0.3) is 22.2 Å². The molecule has 9 nitrogen and oxygen atoms in total. The topological polar surface area (TPSA) is 112 Å². The van der Waals surface area contributed by atoms with Gasteiger partial charge in [0.2, 0.25) is 5.91 Å². The number of hydrogen-bond donors (Lipinski definition) is 2. The molecule has 0 bridgehead atoms. The maximum atomic E-state index is 11.9. The third-order valence-electron chi connectivity index (χ3n) is 5.04. The second-order valence-electron chi connectivity index (χ2n) is 7.51. The van der Waals surface area contributed by atoms with E-state index in [0.29, 0.717) is 22.6 Å². The summed E-state index contributed by atoms with van der Waals surface area (Å²) in [5.41, 5.74) is 4.63. The zero-order valence-electron chi connectivity index (χ0n) is 17.8. The van der Waals surface area contributed by atoms with Crippen molar-refractivity contribution in [2.75, 3.05) is 14.1 Å². The number of nitrogens with one attached hydrogen (secondary N) is 1. The fourth-order valence-corrected chi connectivity index (χ4v) is 3.33. The smallest absolute Gasteiger partial charge is 0.243 e. The number of aromatic amines is 1. The number of pyridine rings is 2. The summed E-state index contributed by atoms with van der Waals surface area (Å²) in [5, 5.41) is 15.7. The Hall–Kier alpha value is -4.01. The van der Waals surface area contributed by atoms with Crippen molar-refractivity contribution >= 4 is 28.3 Å². The molecule has 9 heteroatoms. The van der Waals surface area contributed by atoms with Gasteiger partial charge in [0.1, 0.15) is 6.54 Å². The summed E-state index contributed by atoms with van der Waals surface area (Å²) in [7, 11) is 3.40. The third-order valence-corrected chi connectivity index (χ3v) is 5.04. The van der Waals surface area contributed by atoms with Crippen LogP contribution in [0, 0.1) is 6.92 Å². The van der Waals surface area contributed by atoms with Crippen molar-refractivity contribution in [3.8, 4) is 17.1 Å². The summed E-state index contributed by atoms with van der Waals surface area (Å²) in [6.07, 6.45) is 6.91. The number of hydrogen-bond acceptors (Lipinski definition) is 6. The normalized spacial score (nSPS) is 11.8. The largest absolute Gasteiger partial charge is 0.494 e. The number of likely N-dealkylation sites (N-methyl/N-ethyl adjacent to an activating group) is 1. The van der Waals surface area contributed by atoms with E-state index < -0.39 is 0 Å². The van der Waals surface area contributed by atoms with Crippen LogP contribution >= 0.6 is 0 Å². The van der Waals surface area contributed by atoms with E-state index in [1.165, 1.54) is 9.58 Å². The Labute approximate surface area is 179 Å². The van der Waals surface area contributed by atoms with Crippen molar-refractivity contribution in [2.45, 2.75) is 20.4 Å². The van der Waals surface area contributed by atoms with Crippen molar-refractivity contribution < 1.29 is 9.90 Å². The molecular formula is C22H23N7O2. The van der Waals surface area contributed by atoms with Gasteiger partial charge in [0.15, 0.2) is 11.7 Å². The SMILES string of the molecule is CC(=Nc1ccn(CC(=O)N(C)C)n1)c1c(O)[nH]c2cnc(-c3cnccc3C)cc12. The van der Waals surface area contributed by atoms with Gasteiger partial charge in [0, 0.05) is 49.7 Å². The van der Waals surface area contributed by atoms with Crippen LogP contribution in [0.3, 0.4) is 0 Å². The molecule has 0 atom stereocenters. The number of amides is 1. The number of aromatic hydroxyl groups is 1. The first-order chi connectivity index (χ1) is 14.8. The van der Waals surface area contributed by atoms with Crippen LogP contribution in [0.2, 0.25) is 0 Å². The predicted octanol–water partition coefficient (Wildman–Crippen LogP) is 3.06. The molecule has 0 aliphatic heterocycles. The van der Waals surface area contributed by atoms with E-state index in [0.717, 1.165) is 22.2 Å². The number of aromatic nitrogens is 5. The molecule has 1 amide bonds. The maximum Gasteiger partial charge on any atom is 0.243 e. The van der Waals surface area contributed by atoms with Gasteiger partial charge in [-0.05, 0) is 31.5 Å².